The largest absolute Gasteiger partial charge is 0.390 e. The highest BCUT2D eigenvalue weighted by Crippen LogP contribution is 2.38. The van der Waals surface area contributed by atoms with Crippen molar-refractivity contribution in [3.63, 3.8) is 0 Å². The first-order valence-corrected chi connectivity index (χ1v) is 5.90. The van der Waals surface area contributed by atoms with Crippen LogP contribution >= 0.6 is 11.6 Å². The fourth-order valence-electron chi connectivity index (χ4n) is 1.88. The molecule has 0 amide bonds. The average Bonchev–Trinajstić information content (AvgIpc) is 2.81. The van der Waals surface area contributed by atoms with Crippen molar-refractivity contribution < 1.29 is 5.11 Å². The van der Waals surface area contributed by atoms with Gasteiger partial charge in [0.2, 0.25) is 0 Å². The quantitative estimate of drug-likeness (QED) is 0.905. The molecule has 17 heavy (non-hydrogen) atoms. The van der Waals surface area contributed by atoms with Crippen LogP contribution in [0.15, 0.2) is 30.9 Å². The van der Waals surface area contributed by atoms with Gasteiger partial charge in [0, 0.05) is 6.42 Å². The second-order valence-corrected chi connectivity index (χ2v) is 4.93. The molecule has 0 saturated heterocycles. The molecular weight excluding hydrogens is 238 g/mol. The Hall–Kier alpha value is -1.39. The molecule has 1 aliphatic rings. The van der Waals surface area contributed by atoms with E-state index in [0.29, 0.717) is 11.4 Å². The number of aromatic nitrogens is 3. The molecule has 1 N–H and O–H groups in total. The summed E-state index contributed by atoms with van der Waals surface area (Å²) in [4.78, 5) is 3.88. The third-order valence-electron chi connectivity index (χ3n) is 3.04. The van der Waals surface area contributed by atoms with E-state index in [4.69, 9.17) is 11.6 Å². The lowest BCUT2D eigenvalue weighted by Gasteiger charge is -2.10. The Balaban J connectivity index is 1.89. The van der Waals surface area contributed by atoms with E-state index in [1.54, 1.807) is 11.0 Å². The summed E-state index contributed by atoms with van der Waals surface area (Å²) in [5.41, 5.74) is 1.37. The van der Waals surface area contributed by atoms with Crippen LogP contribution in [0.25, 0.3) is 5.69 Å². The molecule has 1 aromatic carbocycles. The molecule has 4 nitrogen and oxygen atoms in total. The van der Waals surface area contributed by atoms with Crippen molar-refractivity contribution in [2.45, 2.75) is 24.9 Å². The van der Waals surface area contributed by atoms with Gasteiger partial charge in [0.1, 0.15) is 12.7 Å². The first-order chi connectivity index (χ1) is 8.16. The molecule has 2 aromatic rings. The lowest BCUT2D eigenvalue weighted by Crippen LogP contribution is -2.10. The van der Waals surface area contributed by atoms with Crippen LogP contribution in [0.2, 0.25) is 5.02 Å². The predicted octanol–water partition coefficient (Wildman–Crippen LogP) is 1.99. The normalized spacial score (nSPS) is 17.1. The van der Waals surface area contributed by atoms with Gasteiger partial charge >= 0.3 is 0 Å². The Kier molecular flexibility index (Phi) is 2.42. The van der Waals surface area contributed by atoms with Crippen LogP contribution in [0, 0.1) is 0 Å². The van der Waals surface area contributed by atoms with E-state index in [1.807, 2.05) is 18.2 Å². The molecule has 0 bridgehead atoms. The molecule has 0 spiro atoms. The molecule has 1 saturated carbocycles. The van der Waals surface area contributed by atoms with E-state index in [0.717, 1.165) is 24.1 Å². The number of halogens is 1. The fourth-order valence-corrected chi connectivity index (χ4v) is 2.17. The Morgan fingerprint density at radius 3 is 2.82 bits per heavy atom. The van der Waals surface area contributed by atoms with Gasteiger partial charge in [-0.25, -0.2) is 9.67 Å². The summed E-state index contributed by atoms with van der Waals surface area (Å²) in [5.74, 6) is 0. The highest BCUT2D eigenvalue weighted by molar-refractivity contribution is 6.32. The summed E-state index contributed by atoms with van der Waals surface area (Å²) in [7, 11) is 0. The molecule has 5 heteroatoms. The lowest BCUT2D eigenvalue weighted by molar-refractivity contribution is 0.151. The number of rotatable bonds is 3. The number of aliphatic hydroxyl groups is 1. The molecule has 1 heterocycles. The second kappa shape index (κ2) is 3.82. The smallest absolute Gasteiger partial charge is 0.138 e. The molecule has 1 aliphatic carbocycles. The van der Waals surface area contributed by atoms with Crippen molar-refractivity contribution in [2.24, 2.45) is 0 Å². The monoisotopic (exact) mass is 249 g/mol. The average molecular weight is 250 g/mol. The Morgan fingerprint density at radius 2 is 2.24 bits per heavy atom. The highest BCUT2D eigenvalue weighted by Gasteiger charge is 2.40. The van der Waals surface area contributed by atoms with E-state index in [1.165, 1.54) is 6.33 Å². The summed E-state index contributed by atoms with van der Waals surface area (Å²) in [6.07, 6.45) is 5.52. The number of hydrogen-bond donors (Lipinski definition) is 1. The SMILES string of the molecule is OC1(Cc2ccc(-n3cncn3)c(Cl)c2)CC1. The van der Waals surface area contributed by atoms with Crippen LogP contribution in [0.1, 0.15) is 18.4 Å². The predicted molar refractivity (Wildman–Crippen MR) is 64.3 cm³/mol. The van der Waals surface area contributed by atoms with Gasteiger partial charge in [-0.1, -0.05) is 17.7 Å². The molecule has 1 fully saturated rings. The maximum atomic E-state index is 9.86. The number of hydrogen-bond acceptors (Lipinski definition) is 3. The molecule has 0 aliphatic heterocycles. The topological polar surface area (TPSA) is 50.9 Å². The van der Waals surface area contributed by atoms with Crippen molar-refractivity contribution in [3.8, 4) is 5.69 Å². The third kappa shape index (κ3) is 2.18. The lowest BCUT2D eigenvalue weighted by atomic mass is 10.1. The van der Waals surface area contributed by atoms with E-state index in [9.17, 15) is 5.11 Å². The fraction of sp³-hybridized carbons (Fsp3) is 0.333. The van der Waals surface area contributed by atoms with Gasteiger partial charge in [-0.3, -0.25) is 0 Å². The summed E-state index contributed by atoms with van der Waals surface area (Å²) in [6.45, 7) is 0. The minimum absolute atomic E-state index is 0.488. The zero-order valence-corrected chi connectivity index (χ0v) is 9.93. The van der Waals surface area contributed by atoms with Gasteiger partial charge in [-0.05, 0) is 30.5 Å². The Morgan fingerprint density at radius 1 is 1.41 bits per heavy atom. The summed E-state index contributed by atoms with van der Waals surface area (Å²) in [5, 5.41) is 14.5. The summed E-state index contributed by atoms with van der Waals surface area (Å²) >= 11 is 6.20. The first kappa shape index (κ1) is 10.7. The number of nitrogens with zero attached hydrogens (tertiary/aromatic N) is 3. The van der Waals surface area contributed by atoms with E-state index < -0.39 is 5.60 Å². The van der Waals surface area contributed by atoms with E-state index in [2.05, 4.69) is 10.1 Å². The maximum absolute atomic E-state index is 9.86. The molecule has 0 unspecified atom stereocenters. The first-order valence-electron chi connectivity index (χ1n) is 5.52. The van der Waals surface area contributed by atoms with Gasteiger partial charge < -0.3 is 5.11 Å². The number of benzene rings is 1. The summed E-state index contributed by atoms with van der Waals surface area (Å²) in [6, 6.07) is 5.76. The van der Waals surface area contributed by atoms with E-state index in [-0.39, 0.29) is 0 Å². The Bertz CT molecular complexity index is 535. The van der Waals surface area contributed by atoms with Crippen molar-refractivity contribution in [1.29, 1.82) is 0 Å². The van der Waals surface area contributed by atoms with Gasteiger partial charge in [-0.15, -0.1) is 0 Å². The molecule has 3 rings (SSSR count). The molecular formula is C12H12ClN3O. The second-order valence-electron chi connectivity index (χ2n) is 4.53. The van der Waals surface area contributed by atoms with Gasteiger partial charge in [0.05, 0.1) is 16.3 Å². The molecule has 1 aromatic heterocycles. The molecule has 0 radical (unpaired) electrons. The minimum Gasteiger partial charge on any atom is -0.390 e. The summed E-state index contributed by atoms with van der Waals surface area (Å²) < 4.78 is 1.62. The van der Waals surface area contributed by atoms with Crippen molar-refractivity contribution in [3.05, 3.63) is 41.4 Å². The van der Waals surface area contributed by atoms with Gasteiger partial charge in [0.25, 0.3) is 0 Å². The van der Waals surface area contributed by atoms with Crippen molar-refractivity contribution in [1.82, 2.24) is 14.8 Å². The van der Waals surface area contributed by atoms with Gasteiger partial charge in [-0.2, -0.15) is 5.10 Å². The van der Waals surface area contributed by atoms with Gasteiger partial charge in [0.15, 0.2) is 0 Å². The van der Waals surface area contributed by atoms with E-state index >= 15 is 0 Å². The standard InChI is InChI=1S/C12H12ClN3O/c13-10-5-9(6-12(17)3-4-12)1-2-11(10)16-8-14-7-15-16/h1-2,5,7-8,17H,3-4,6H2. The highest BCUT2D eigenvalue weighted by atomic mass is 35.5. The van der Waals surface area contributed by atoms with Crippen LogP contribution in [0.3, 0.4) is 0 Å². The zero-order chi connectivity index (χ0) is 11.9. The van der Waals surface area contributed by atoms with Crippen LogP contribution in [-0.2, 0) is 6.42 Å². The van der Waals surface area contributed by atoms with Crippen LogP contribution in [-0.4, -0.2) is 25.5 Å². The van der Waals surface area contributed by atoms with Crippen LogP contribution < -0.4 is 0 Å². The maximum Gasteiger partial charge on any atom is 0.138 e. The van der Waals surface area contributed by atoms with Crippen LogP contribution in [0.4, 0.5) is 0 Å². The Labute approximate surface area is 104 Å². The molecule has 0 atom stereocenters. The van der Waals surface area contributed by atoms with Crippen molar-refractivity contribution >= 4 is 11.6 Å². The molecule has 88 valence electrons. The van der Waals surface area contributed by atoms with Crippen molar-refractivity contribution in [2.75, 3.05) is 0 Å². The minimum atomic E-state index is -0.488. The van der Waals surface area contributed by atoms with Crippen LogP contribution in [0.5, 0.6) is 0 Å². The third-order valence-corrected chi connectivity index (χ3v) is 3.34. The zero-order valence-electron chi connectivity index (χ0n) is 9.17.